The molecule has 221 valence electrons. The number of benzene rings is 4. The minimum absolute atomic E-state index is 0.102. The van der Waals surface area contributed by atoms with Crippen molar-refractivity contribution >= 4 is 35.1 Å². The summed E-state index contributed by atoms with van der Waals surface area (Å²) < 4.78 is 0.216. The van der Waals surface area contributed by atoms with Gasteiger partial charge in [0.1, 0.15) is 0 Å². The van der Waals surface area contributed by atoms with E-state index in [1.807, 2.05) is 0 Å². The summed E-state index contributed by atoms with van der Waals surface area (Å²) in [6.45, 7) is 18.2. The molecule has 0 amide bonds. The molecule has 0 radical (unpaired) electrons. The summed E-state index contributed by atoms with van der Waals surface area (Å²) in [4.78, 5) is 0. The van der Waals surface area contributed by atoms with Crippen LogP contribution in [0.2, 0.25) is 13.1 Å². The van der Waals surface area contributed by atoms with E-state index in [9.17, 15) is 0 Å². The molecule has 0 spiro atoms. The van der Waals surface area contributed by atoms with E-state index in [0.29, 0.717) is 0 Å². The van der Waals surface area contributed by atoms with Crippen LogP contribution < -0.4 is 0 Å². The zero-order valence-electron chi connectivity index (χ0n) is 26.8. The van der Waals surface area contributed by atoms with E-state index in [1.54, 1.807) is 0 Å². The van der Waals surface area contributed by atoms with Crippen LogP contribution >= 0.6 is 17.0 Å². The Kier molecular flexibility index (Phi) is 8.04. The molecule has 2 aliphatic rings. The van der Waals surface area contributed by atoms with Crippen molar-refractivity contribution in [3.8, 4) is 22.3 Å². The van der Waals surface area contributed by atoms with E-state index in [2.05, 4.69) is 140 Å². The molecule has 0 nitrogen and oxygen atoms in total. The second-order valence-electron chi connectivity index (χ2n) is 13.6. The molecule has 0 saturated heterocycles. The van der Waals surface area contributed by atoms with Gasteiger partial charge in [-0.3, -0.25) is 0 Å². The fraction of sp³-hybridized carbons (Fsp3) is 0.282. The van der Waals surface area contributed by atoms with Crippen molar-refractivity contribution in [1.29, 1.82) is 0 Å². The number of rotatable bonds is 6. The zero-order valence-corrected chi connectivity index (χ0v) is 31.9. The molecule has 0 heterocycles. The van der Waals surface area contributed by atoms with Crippen molar-refractivity contribution < 1.29 is 15.6 Å². The molecule has 0 aliphatic heterocycles. The molecule has 2 aliphatic carbocycles. The quantitative estimate of drug-likeness (QED) is 0.176. The van der Waals surface area contributed by atoms with E-state index in [4.69, 9.17) is 17.0 Å². The van der Waals surface area contributed by atoms with Crippen molar-refractivity contribution in [1.82, 2.24) is 0 Å². The monoisotopic (exact) mass is 699 g/mol. The number of fused-ring (bicyclic) bond motifs is 2. The first-order valence-electron chi connectivity index (χ1n) is 15.7. The molecule has 2 unspecified atom stereocenters. The fourth-order valence-electron chi connectivity index (χ4n) is 7.94. The molecule has 4 aromatic carbocycles. The van der Waals surface area contributed by atoms with Gasteiger partial charge in [-0.05, 0) is 0 Å². The van der Waals surface area contributed by atoms with Crippen LogP contribution in [0.1, 0.15) is 72.0 Å². The fourth-order valence-corrected chi connectivity index (χ4v) is 40.2. The standard InChI is InChI=1S/C19H19.C18H17.C2H7Si.2ClH.Zr/c1-4-15-11-17-9-14(3)10-18(19(17)12-15)16-7-5-13(2)6-8-16;1-12-4-6-15(7-5-12)17-10-13(2)8-16-9-14(3)11-18(16)17;1-3-2;;;/h5-12H,4H2,1-3H3;4-11H,1-3H3;3H,1-2H3;2*1H;/q;;;;;+2/p-2. The van der Waals surface area contributed by atoms with Crippen LogP contribution in [-0.4, -0.2) is 5.92 Å². The Labute approximate surface area is 267 Å². The predicted molar refractivity (Wildman–Crippen MR) is 191 cm³/mol. The second-order valence-corrected chi connectivity index (χ2v) is 56.1. The number of allylic oxidation sites excluding steroid dienone is 2. The molecule has 4 heteroatoms. The molecule has 2 atom stereocenters. The summed E-state index contributed by atoms with van der Waals surface area (Å²) in [7, 11) is 17.1. The van der Waals surface area contributed by atoms with Crippen LogP contribution in [0.5, 0.6) is 0 Å². The van der Waals surface area contributed by atoms with Gasteiger partial charge >= 0.3 is 270 Å². The van der Waals surface area contributed by atoms with Crippen molar-refractivity contribution in [3.05, 3.63) is 128 Å². The maximum absolute atomic E-state index is 8.56. The van der Waals surface area contributed by atoms with E-state index in [0.717, 1.165) is 6.42 Å². The molecule has 6 rings (SSSR count). The Hall–Kier alpha value is -1.96. The zero-order chi connectivity index (χ0) is 30.9. The van der Waals surface area contributed by atoms with Gasteiger partial charge in [-0.15, -0.1) is 0 Å². The predicted octanol–water partition coefficient (Wildman–Crippen LogP) is 12.2. The molecule has 0 fully saturated rings. The van der Waals surface area contributed by atoms with Crippen LogP contribution in [0.4, 0.5) is 0 Å². The molecular weight excluding hydrogens is 659 g/mol. The molecule has 0 N–H and O–H groups in total. The van der Waals surface area contributed by atoms with Crippen molar-refractivity contribution in [3.63, 3.8) is 0 Å². The normalized spacial score (nSPS) is 18.6. The number of hydrogen-bond acceptors (Lipinski definition) is 0. The number of hydrogen-bond donors (Lipinski definition) is 0. The Morgan fingerprint density at radius 3 is 1.49 bits per heavy atom. The number of halogens is 2. The first kappa shape index (κ1) is 31.0. The van der Waals surface area contributed by atoms with Crippen LogP contribution in [0.25, 0.3) is 34.4 Å². The first-order chi connectivity index (χ1) is 20.3. The number of aryl methyl sites for hydroxylation is 4. The third-order valence-electron chi connectivity index (χ3n) is 10.2. The Balaban J connectivity index is 1.59. The van der Waals surface area contributed by atoms with E-state index in [1.165, 1.54) is 77.9 Å². The van der Waals surface area contributed by atoms with Gasteiger partial charge in [0.2, 0.25) is 0 Å². The molecule has 43 heavy (non-hydrogen) atoms. The van der Waals surface area contributed by atoms with E-state index >= 15 is 0 Å². The van der Waals surface area contributed by atoms with Crippen molar-refractivity contribution in [2.75, 3.05) is 0 Å². The SMILES string of the molecule is CCC1=Cc2c(-c3ccc(C)cc3)cc(C)cc2[CH]1[Zr]([Cl])([Cl])([CH]1C(C)=Cc2c(-c3ccc(C)cc3)cc(C)cc21)[SiH](C)C. The van der Waals surface area contributed by atoms with Crippen LogP contribution in [-0.2, 0) is 15.6 Å². The van der Waals surface area contributed by atoms with E-state index < -0.39 is 21.5 Å². The molecule has 4 aromatic rings. The van der Waals surface area contributed by atoms with Gasteiger partial charge in [0.15, 0.2) is 0 Å². The topological polar surface area (TPSA) is 0 Å². The average molecular weight is 702 g/mol. The van der Waals surface area contributed by atoms with Gasteiger partial charge in [0.05, 0.1) is 0 Å². The minimum atomic E-state index is -4.76. The van der Waals surface area contributed by atoms with Gasteiger partial charge < -0.3 is 0 Å². The average Bonchev–Trinajstić information content (AvgIpc) is 3.51. The second kappa shape index (κ2) is 11.1. The summed E-state index contributed by atoms with van der Waals surface area (Å²) in [5.41, 5.74) is 18.4. The Morgan fingerprint density at radius 1 is 0.605 bits per heavy atom. The summed E-state index contributed by atoms with van der Waals surface area (Å²) in [6.07, 6.45) is 5.84. The van der Waals surface area contributed by atoms with Crippen molar-refractivity contribution in [2.24, 2.45) is 0 Å². The van der Waals surface area contributed by atoms with Crippen LogP contribution in [0.15, 0.2) is 83.9 Å². The maximum atomic E-state index is 8.56. The molecule has 0 aromatic heterocycles. The summed E-state index contributed by atoms with van der Waals surface area (Å²) >= 11 is -4.76. The van der Waals surface area contributed by atoms with Crippen molar-refractivity contribution in [2.45, 2.75) is 68.3 Å². The third-order valence-corrected chi connectivity index (χ3v) is 62.3. The summed E-state index contributed by atoms with van der Waals surface area (Å²) in [6, 6.07) is 27.4. The van der Waals surface area contributed by atoms with Gasteiger partial charge in [-0.1, -0.05) is 0 Å². The third kappa shape index (κ3) is 4.96. The van der Waals surface area contributed by atoms with Crippen LogP contribution in [0.3, 0.4) is 0 Å². The molecule has 0 bridgehead atoms. The van der Waals surface area contributed by atoms with E-state index in [-0.39, 0.29) is 7.25 Å². The summed E-state index contributed by atoms with van der Waals surface area (Å²) in [5.74, 6) is -1.60. The van der Waals surface area contributed by atoms with Gasteiger partial charge in [-0.25, -0.2) is 0 Å². The molecule has 0 saturated carbocycles. The van der Waals surface area contributed by atoms with Gasteiger partial charge in [-0.2, -0.15) is 0 Å². The Morgan fingerprint density at radius 2 is 1.05 bits per heavy atom. The van der Waals surface area contributed by atoms with Crippen LogP contribution in [0, 0.1) is 27.7 Å². The first-order valence-corrected chi connectivity index (χ1v) is 32.0. The van der Waals surface area contributed by atoms with Gasteiger partial charge in [0.25, 0.3) is 0 Å². The van der Waals surface area contributed by atoms with Gasteiger partial charge in [0, 0.05) is 0 Å². The molecular formula is C39H43Cl2SiZr. The summed E-state index contributed by atoms with van der Waals surface area (Å²) in [5, 5.41) is 0. The Bertz CT molecular complexity index is 1810.